The van der Waals surface area contributed by atoms with Crippen molar-refractivity contribution in [2.75, 3.05) is 31.1 Å². The first-order chi connectivity index (χ1) is 9.70. The number of hydrogen-bond acceptors (Lipinski definition) is 5. The van der Waals surface area contributed by atoms with E-state index in [0.29, 0.717) is 0 Å². The van der Waals surface area contributed by atoms with Gasteiger partial charge < -0.3 is 4.90 Å². The maximum atomic E-state index is 6.01. The highest BCUT2D eigenvalue weighted by Crippen LogP contribution is 2.18. The first-order valence-electron chi connectivity index (χ1n) is 6.67. The Morgan fingerprint density at radius 2 is 2.10 bits per heavy atom. The summed E-state index contributed by atoms with van der Waals surface area (Å²) in [4.78, 5) is 13.3. The van der Waals surface area contributed by atoms with Crippen LogP contribution in [0.3, 0.4) is 0 Å². The van der Waals surface area contributed by atoms with E-state index in [0.717, 1.165) is 55.2 Å². The van der Waals surface area contributed by atoms with Gasteiger partial charge in [0.2, 0.25) is 0 Å². The Labute approximate surface area is 122 Å². The van der Waals surface area contributed by atoms with Crippen LogP contribution in [0.2, 0.25) is 5.02 Å². The molecule has 2 aromatic rings. The highest BCUT2D eigenvalue weighted by Gasteiger charge is 2.19. The largest absolute Gasteiger partial charge is 0.354 e. The molecule has 0 spiro atoms. The van der Waals surface area contributed by atoms with Crippen molar-refractivity contribution in [3.05, 3.63) is 35.0 Å². The predicted molar refractivity (Wildman–Crippen MR) is 77.9 cm³/mol. The van der Waals surface area contributed by atoms with Crippen LogP contribution < -0.4 is 4.90 Å². The molecule has 0 aliphatic carbocycles. The fourth-order valence-corrected chi connectivity index (χ4v) is 2.52. The van der Waals surface area contributed by atoms with Crippen molar-refractivity contribution in [1.29, 1.82) is 0 Å². The fourth-order valence-electron chi connectivity index (χ4n) is 2.36. The Bertz CT molecular complexity index is 576. The lowest BCUT2D eigenvalue weighted by molar-refractivity contribution is 0.244. The number of aryl methyl sites for hydroxylation is 1. The first kappa shape index (κ1) is 13.3. The quantitative estimate of drug-likeness (QED) is 0.928. The molecule has 1 aliphatic rings. The molecule has 1 N–H and O–H groups in total. The molecule has 0 amide bonds. The average molecular weight is 293 g/mol. The third-order valence-corrected chi connectivity index (χ3v) is 3.65. The van der Waals surface area contributed by atoms with Crippen LogP contribution in [0.25, 0.3) is 0 Å². The number of piperazine rings is 1. The number of anilines is 1. The summed E-state index contributed by atoms with van der Waals surface area (Å²) in [6.07, 6.45) is 1.75. The Morgan fingerprint density at radius 1 is 1.30 bits per heavy atom. The number of halogens is 1. The van der Waals surface area contributed by atoms with Crippen molar-refractivity contribution in [2.24, 2.45) is 0 Å². The van der Waals surface area contributed by atoms with Crippen LogP contribution in [0.1, 0.15) is 11.6 Å². The van der Waals surface area contributed by atoms with E-state index in [1.165, 1.54) is 0 Å². The number of rotatable bonds is 3. The van der Waals surface area contributed by atoms with Gasteiger partial charge in [0.25, 0.3) is 0 Å². The van der Waals surface area contributed by atoms with Crippen LogP contribution in [-0.4, -0.2) is 51.2 Å². The molecule has 1 saturated heterocycles. The van der Waals surface area contributed by atoms with Gasteiger partial charge in [-0.2, -0.15) is 5.10 Å². The monoisotopic (exact) mass is 292 g/mol. The normalized spacial score (nSPS) is 16.6. The zero-order valence-electron chi connectivity index (χ0n) is 11.4. The number of aromatic amines is 1. The van der Waals surface area contributed by atoms with E-state index in [4.69, 9.17) is 11.6 Å². The van der Waals surface area contributed by atoms with Crippen LogP contribution >= 0.6 is 11.6 Å². The average Bonchev–Trinajstić information content (AvgIpc) is 2.85. The highest BCUT2D eigenvalue weighted by atomic mass is 35.5. The Kier molecular flexibility index (Phi) is 3.84. The summed E-state index contributed by atoms with van der Waals surface area (Å²) < 4.78 is 0. The summed E-state index contributed by atoms with van der Waals surface area (Å²) in [6, 6.07) is 3.71. The predicted octanol–water partition coefficient (Wildman–Crippen LogP) is 1.48. The fraction of sp³-hybridized carbons (Fsp3) is 0.462. The lowest BCUT2D eigenvalue weighted by Gasteiger charge is -2.34. The Balaban J connectivity index is 1.57. The molecule has 3 heterocycles. The second kappa shape index (κ2) is 5.76. The first-order valence-corrected chi connectivity index (χ1v) is 7.05. The molecule has 3 rings (SSSR count). The van der Waals surface area contributed by atoms with E-state index in [-0.39, 0.29) is 0 Å². The number of pyridine rings is 1. The molecule has 106 valence electrons. The molecule has 6 nitrogen and oxygen atoms in total. The van der Waals surface area contributed by atoms with Gasteiger partial charge in [0.1, 0.15) is 11.6 Å². The number of aromatic nitrogens is 4. The van der Waals surface area contributed by atoms with Crippen molar-refractivity contribution in [1.82, 2.24) is 25.1 Å². The minimum atomic E-state index is 0.730. The zero-order chi connectivity index (χ0) is 13.9. The number of hydrogen-bond donors (Lipinski definition) is 1. The Hall–Kier alpha value is -1.66. The van der Waals surface area contributed by atoms with E-state index < -0.39 is 0 Å². The van der Waals surface area contributed by atoms with E-state index in [1.54, 1.807) is 12.3 Å². The second-order valence-electron chi connectivity index (χ2n) is 4.93. The summed E-state index contributed by atoms with van der Waals surface area (Å²) in [5.74, 6) is 2.67. The number of nitrogens with one attached hydrogen (secondary N) is 1. The zero-order valence-corrected chi connectivity index (χ0v) is 12.1. The van der Waals surface area contributed by atoms with Gasteiger partial charge in [0.15, 0.2) is 5.82 Å². The molecule has 2 aromatic heterocycles. The molecular weight excluding hydrogens is 276 g/mol. The van der Waals surface area contributed by atoms with Crippen molar-refractivity contribution >= 4 is 17.4 Å². The number of H-pyrrole nitrogens is 1. The Morgan fingerprint density at radius 3 is 2.75 bits per heavy atom. The second-order valence-corrected chi connectivity index (χ2v) is 5.37. The van der Waals surface area contributed by atoms with Crippen LogP contribution in [0.5, 0.6) is 0 Å². The minimum Gasteiger partial charge on any atom is -0.354 e. The van der Waals surface area contributed by atoms with Gasteiger partial charge in [-0.05, 0) is 19.1 Å². The molecule has 0 unspecified atom stereocenters. The topological polar surface area (TPSA) is 60.9 Å². The van der Waals surface area contributed by atoms with E-state index in [2.05, 4.69) is 30.0 Å². The van der Waals surface area contributed by atoms with Gasteiger partial charge in [-0.15, -0.1) is 0 Å². The van der Waals surface area contributed by atoms with Crippen LogP contribution in [-0.2, 0) is 6.54 Å². The van der Waals surface area contributed by atoms with Crippen molar-refractivity contribution in [3.63, 3.8) is 0 Å². The molecule has 7 heteroatoms. The van der Waals surface area contributed by atoms with Gasteiger partial charge in [-0.25, -0.2) is 9.97 Å². The van der Waals surface area contributed by atoms with Gasteiger partial charge in [-0.1, -0.05) is 11.6 Å². The molecular formula is C13H17ClN6. The van der Waals surface area contributed by atoms with Crippen LogP contribution in [0.4, 0.5) is 5.82 Å². The molecule has 1 fully saturated rings. The molecule has 0 bridgehead atoms. The summed E-state index contributed by atoms with van der Waals surface area (Å²) in [7, 11) is 0. The molecule has 0 radical (unpaired) electrons. The van der Waals surface area contributed by atoms with E-state index in [9.17, 15) is 0 Å². The van der Waals surface area contributed by atoms with Crippen molar-refractivity contribution in [2.45, 2.75) is 13.5 Å². The summed E-state index contributed by atoms with van der Waals surface area (Å²) >= 11 is 6.01. The summed E-state index contributed by atoms with van der Waals surface area (Å²) in [5, 5.41) is 7.78. The van der Waals surface area contributed by atoms with E-state index in [1.807, 2.05) is 13.0 Å². The third kappa shape index (κ3) is 3.08. The van der Waals surface area contributed by atoms with Gasteiger partial charge >= 0.3 is 0 Å². The third-order valence-electron chi connectivity index (χ3n) is 3.41. The lowest BCUT2D eigenvalue weighted by atomic mass is 10.3. The molecule has 0 atom stereocenters. The van der Waals surface area contributed by atoms with Crippen molar-refractivity contribution < 1.29 is 0 Å². The summed E-state index contributed by atoms with van der Waals surface area (Å²) in [6.45, 7) is 6.54. The summed E-state index contributed by atoms with van der Waals surface area (Å²) in [5.41, 5.74) is 0. The lowest BCUT2D eigenvalue weighted by Crippen LogP contribution is -2.46. The van der Waals surface area contributed by atoms with E-state index >= 15 is 0 Å². The molecule has 20 heavy (non-hydrogen) atoms. The molecule has 1 aliphatic heterocycles. The molecule has 0 aromatic carbocycles. The standard InChI is InChI=1S/C13H17ClN6/c1-10-16-12(18-17-10)9-19-4-6-20(7-5-19)13-8-11(14)2-3-15-13/h2-3,8H,4-7,9H2,1H3,(H,16,17,18). The minimum absolute atomic E-state index is 0.730. The van der Waals surface area contributed by atoms with Crippen LogP contribution in [0, 0.1) is 6.92 Å². The smallest absolute Gasteiger partial charge is 0.164 e. The van der Waals surface area contributed by atoms with Crippen LogP contribution in [0.15, 0.2) is 18.3 Å². The van der Waals surface area contributed by atoms with Gasteiger partial charge in [0, 0.05) is 37.4 Å². The van der Waals surface area contributed by atoms with Crippen molar-refractivity contribution in [3.8, 4) is 0 Å². The van der Waals surface area contributed by atoms with Gasteiger partial charge in [-0.3, -0.25) is 10.00 Å². The molecule has 0 saturated carbocycles. The maximum Gasteiger partial charge on any atom is 0.164 e. The van der Waals surface area contributed by atoms with Gasteiger partial charge in [0.05, 0.1) is 6.54 Å². The highest BCUT2D eigenvalue weighted by molar-refractivity contribution is 6.30. The maximum absolute atomic E-state index is 6.01. The SMILES string of the molecule is Cc1nc(CN2CCN(c3cc(Cl)ccn3)CC2)n[nH]1. The number of nitrogens with zero attached hydrogens (tertiary/aromatic N) is 5.